The summed E-state index contributed by atoms with van der Waals surface area (Å²) in [6, 6.07) is 10.4. The maximum absolute atomic E-state index is 6.23. The van der Waals surface area contributed by atoms with Gasteiger partial charge in [-0.2, -0.15) is 11.3 Å². The molecule has 1 atom stereocenters. The van der Waals surface area contributed by atoms with Crippen LogP contribution >= 0.6 is 27.3 Å². The van der Waals surface area contributed by atoms with Gasteiger partial charge in [-0.3, -0.25) is 9.89 Å². The number of fused-ring (bicyclic) bond motifs is 1. The number of halogens is 1. The summed E-state index contributed by atoms with van der Waals surface area (Å²) in [5, 5.41) is 4.21. The number of rotatable bonds is 2. The minimum absolute atomic E-state index is 0.560. The lowest BCUT2D eigenvalue weighted by Crippen LogP contribution is -2.46. The molecule has 2 aliphatic rings. The maximum Gasteiger partial charge on any atom is 0.198 e. The average Bonchev–Trinajstić information content (AvgIpc) is 3.15. The Morgan fingerprint density at radius 1 is 1.27 bits per heavy atom. The first-order valence-corrected chi connectivity index (χ1v) is 8.92. The van der Waals surface area contributed by atoms with Crippen molar-refractivity contribution in [3.8, 4) is 0 Å². The Morgan fingerprint density at radius 3 is 2.95 bits per heavy atom. The van der Waals surface area contributed by atoms with E-state index in [-0.39, 0.29) is 0 Å². The van der Waals surface area contributed by atoms with Crippen LogP contribution in [-0.4, -0.2) is 29.8 Å². The lowest BCUT2D eigenvalue weighted by Gasteiger charge is -2.32. The molecular formula is C16H15BrN4S. The topological polar surface area (TPSA) is 54.0 Å². The fraction of sp³-hybridized carbons (Fsp3) is 0.250. The molecule has 0 saturated heterocycles. The van der Waals surface area contributed by atoms with Gasteiger partial charge in [0, 0.05) is 23.1 Å². The van der Waals surface area contributed by atoms with Crippen LogP contribution in [0.5, 0.6) is 0 Å². The van der Waals surface area contributed by atoms with Crippen LogP contribution in [0.2, 0.25) is 0 Å². The molecule has 0 radical (unpaired) electrons. The molecule has 0 spiro atoms. The van der Waals surface area contributed by atoms with E-state index in [1.165, 1.54) is 0 Å². The van der Waals surface area contributed by atoms with Crippen LogP contribution in [-0.2, 0) is 5.54 Å². The van der Waals surface area contributed by atoms with Gasteiger partial charge >= 0.3 is 0 Å². The molecular weight excluding hydrogens is 360 g/mol. The fourth-order valence-corrected chi connectivity index (χ4v) is 4.26. The fourth-order valence-electron chi connectivity index (χ4n) is 3.16. The predicted molar refractivity (Wildman–Crippen MR) is 94.5 cm³/mol. The van der Waals surface area contributed by atoms with Crippen molar-refractivity contribution in [3.63, 3.8) is 0 Å². The second kappa shape index (κ2) is 5.21. The molecule has 1 unspecified atom stereocenters. The molecule has 0 bridgehead atoms. The Morgan fingerprint density at radius 2 is 2.18 bits per heavy atom. The van der Waals surface area contributed by atoms with E-state index in [2.05, 4.69) is 49.8 Å². The van der Waals surface area contributed by atoms with E-state index in [1.54, 1.807) is 11.3 Å². The first kappa shape index (κ1) is 14.0. The molecule has 0 saturated carbocycles. The van der Waals surface area contributed by atoms with E-state index in [0.29, 0.717) is 5.96 Å². The zero-order valence-electron chi connectivity index (χ0n) is 11.9. The van der Waals surface area contributed by atoms with E-state index in [1.807, 2.05) is 12.1 Å². The van der Waals surface area contributed by atoms with Gasteiger partial charge in [0.05, 0.1) is 0 Å². The maximum atomic E-state index is 6.23. The first-order chi connectivity index (χ1) is 10.7. The highest BCUT2D eigenvalue weighted by molar-refractivity contribution is 9.10. The molecule has 2 N–H and O–H groups in total. The van der Waals surface area contributed by atoms with Gasteiger partial charge < -0.3 is 5.73 Å². The van der Waals surface area contributed by atoms with Crippen molar-refractivity contribution in [1.29, 1.82) is 0 Å². The normalized spacial score (nSPS) is 24.0. The van der Waals surface area contributed by atoms with Crippen molar-refractivity contribution in [2.75, 3.05) is 13.1 Å². The second-order valence-electron chi connectivity index (χ2n) is 5.41. The zero-order valence-corrected chi connectivity index (χ0v) is 14.3. The molecule has 4 rings (SSSR count). The lowest BCUT2D eigenvalue weighted by atomic mass is 9.83. The third-order valence-electron chi connectivity index (χ3n) is 4.12. The third kappa shape index (κ3) is 1.94. The summed E-state index contributed by atoms with van der Waals surface area (Å²) in [5.41, 5.74) is 7.83. The smallest absolute Gasteiger partial charge is 0.198 e. The highest BCUT2D eigenvalue weighted by Gasteiger charge is 2.49. The van der Waals surface area contributed by atoms with Gasteiger partial charge in [0.2, 0.25) is 0 Å². The molecule has 2 aromatic rings. The molecule has 0 fully saturated rings. The second-order valence-corrected chi connectivity index (χ2v) is 7.11. The molecule has 1 aromatic heterocycles. The van der Waals surface area contributed by atoms with Crippen molar-refractivity contribution in [2.24, 2.45) is 15.7 Å². The van der Waals surface area contributed by atoms with Crippen LogP contribution in [0.25, 0.3) is 0 Å². The van der Waals surface area contributed by atoms with Gasteiger partial charge in [0.25, 0.3) is 0 Å². The molecule has 22 heavy (non-hydrogen) atoms. The molecule has 6 heteroatoms. The van der Waals surface area contributed by atoms with E-state index in [0.717, 1.165) is 40.9 Å². The Balaban J connectivity index is 2.00. The quantitative estimate of drug-likeness (QED) is 0.877. The number of benzene rings is 1. The van der Waals surface area contributed by atoms with Gasteiger partial charge in [-0.25, -0.2) is 4.99 Å². The van der Waals surface area contributed by atoms with Crippen molar-refractivity contribution in [3.05, 3.63) is 56.7 Å². The van der Waals surface area contributed by atoms with Crippen LogP contribution in [0, 0.1) is 0 Å². The number of thiophene rings is 1. The Kier molecular flexibility index (Phi) is 3.31. The number of nitrogens with zero attached hydrogens (tertiary/aromatic N) is 3. The molecule has 0 aliphatic carbocycles. The minimum atomic E-state index is -0.617. The number of hydrogen-bond acceptors (Lipinski definition) is 5. The summed E-state index contributed by atoms with van der Waals surface area (Å²) >= 11 is 5.24. The summed E-state index contributed by atoms with van der Waals surface area (Å²) in [6.07, 6.45) is 1.01. The summed E-state index contributed by atoms with van der Waals surface area (Å²) in [5.74, 6) is 1.51. The Labute approximate surface area is 141 Å². The average molecular weight is 375 g/mol. The van der Waals surface area contributed by atoms with Crippen molar-refractivity contribution in [2.45, 2.75) is 12.0 Å². The van der Waals surface area contributed by atoms with Crippen molar-refractivity contribution < 1.29 is 0 Å². The van der Waals surface area contributed by atoms with E-state index >= 15 is 0 Å². The predicted octanol–water partition coefficient (Wildman–Crippen LogP) is 3.19. The summed E-state index contributed by atoms with van der Waals surface area (Å²) in [7, 11) is 0. The molecule has 4 nitrogen and oxygen atoms in total. The lowest BCUT2D eigenvalue weighted by molar-refractivity contribution is 0.531. The van der Waals surface area contributed by atoms with E-state index in [4.69, 9.17) is 15.7 Å². The largest absolute Gasteiger partial charge is 0.369 e. The van der Waals surface area contributed by atoms with Gasteiger partial charge in [-0.15, -0.1) is 0 Å². The first-order valence-electron chi connectivity index (χ1n) is 7.18. The number of amidine groups is 1. The number of hydrogen-bond donors (Lipinski definition) is 1. The Bertz CT molecular complexity index is 768. The summed E-state index contributed by atoms with van der Waals surface area (Å²) < 4.78 is 1.03. The van der Waals surface area contributed by atoms with Crippen LogP contribution < -0.4 is 5.73 Å². The van der Waals surface area contributed by atoms with E-state index in [9.17, 15) is 0 Å². The van der Waals surface area contributed by atoms with Crippen molar-refractivity contribution >= 4 is 39.1 Å². The highest BCUT2D eigenvalue weighted by atomic mass is 79.9. The van der Waals surface area contributed by atoms with Gasteiger partial charge in [-0.1, -0.05) is 28.1 Å². The van der Waals surface area contributed by atoms with Crippen molar-refractivity contribution in [1.82, 2.24) is 4.90 Å². The molecule has 112 valence electrons. The standard InChI is InChI=1S/C16H15BrN4S/c17-13-4-1-3-11(9-13)16(12-5-8-22-10-12)14-19-6-2-7-21(14)15(18)20-16/h1,3-5,8-10H,2,6-7H2,(H2,18,20). The van der Waals surface area contributed by atoms with Gasteiger partial charge in [0.15, 0.2) is 11.5 Å². The zero-order chi connectivity index (χ0) is 15.2. The minimum Gasteiger partial charge on any atom is -0.369 e. The monoisotopic (exact) mass is 374 g/mol. The number of guanidine groups is 1. The summed E-state index contributed by atoms with van der Waals surface area (Å²) in [6.45, 7) is 1.71. The molecule has 2 aliphatic heterocycles. The highest BCUT2D eigenvalue weighted by Crippen LogP contribution is 2.42. The van der Waals surface area contributed by atoms with E-state index < -0.39 is 5.54 Å². The number of nitrogens with two attached hydrogens (primary N) is 1. The van der Waals surface area contributed by atoms with Crippen LogP contribution in [0.4, 0.5) is 0 Å². The molecule has 1 aromatic carbocycles. The SMILES string of the molecule is NC1=NC(c2ccsc2)(c2cccc(Br)c2)C2=NCCCN12. The number of aliphatic imine (C=N–C) groups is 2. The van der Waals surface area contributed by atoms with Crippen LogP contribution in [0.1, 0.15) is 17.5 Å². The summed E-state index contributed by atoms with van der Waals surface area (Å²) in [4.78, 5) is 11.7. The molecule has 0 amide bonds. The van der Waals surface area contributed by atoms with Gasteiger partial charge in [-0.05, 0) is 40.9 Å². The third-order valence-corrected chi connectivity index (χ3v) is 5.30. The van der Waals surface area contributed by atoms with Crippen LogP contribution in [0.3, 0.4) is 0 Å². The molecule has 3 heterocycles. The van der Waals surface area contributed by atoms with Gasteiger partial charge in [0.1, 0.15) is 5.84 Å². The Hall–Kier alpha value is -1.66. The van der Waals surface area contributed by atoms with Crippen LogP contribution in [0.15, 0.2) is 55.5 Å².